The average Bonchev–Trinajstić information content (AvgIpc) is 3.15. The van der Waals surface area contributed by atoms with E-state index in [9.17, 15) is 18.4 Å². The van der Waals surface area contributed by atoms with Crippen molar-refractivity contribution in [2.45, 2.75) is 38.8 Å². The highest BCUT2D eigenvalue weighted by Gasteiger charge is 2.37. The second-order valence-corrected chi connectivity index (χ2v) is 7.43. The SMILES string of the molecule is COC(=O)[C@@H](CC(C)C)NC(=O)N1CCc2[nH]cnc2[C@@H]1c1ccc(F)cc1F. The molecule has 9 heteroatoms. The third-order valence-electron chi connectivity index (χ3n) is 4.93. The maximum atomic E-state index is 14.6. The van der Waals surface area contributed by atoms with Crippen molar-refractivity contribution in [3.05, 3.63) is 53.1 Å². The number of amides is 2. The Bertz CT molecular complexity index is 900. The number of methoxy groups -OCH3 is 1. The fourth-order valence-electron chi connectivity index (χ4n) is 3.59. The van der Waals surface area contributed by atoms with E-state index in [0.29, 0.717) is 18.5 Å². The molecule has 0 unspecified atom stereocenters. The third-order valence-corrected chi connectivity index (χ3v) is 4.93. The first kappa shape index (κ1) is 20.8. The van der Waals surface area contributed by atoms with Crippen molar-refractivity contribution in [2.24, 2.45) is 5.92 Å². The maximum absolute atomic E-state index is 14.6. The largest absolute Gasteiger partial charge is 0.467 e. The Morgan fingerprint density at radius 1 is 1.38 bits per heavy atom. The lowest BCUT2D eigenvalue weighted by molar-refractivity contribution is -0.143. The quantitative estimate of drug-likeness (QED) is 0.748. The van der Waals surface area contributed by atoms with Crippen molar-refractivity contribution in [2.75, 3.05) is 13.7 Å². The lowest BCUT2D eigenvalue weighted by Crippen LogP contribution is -2.51. The third kappa shape index (κ3) is 4.38. The smallest absolute Gasteiger partial charge is 0.328 e. The predicted octanol–water partition coefficient (Wildman–Crippen LogP) is 2.93. The van der Waals surface area contributed by atoms with Gasteiger partial charge < -0.3 is 19.9 Å². The molecule has 1 aliphatic rings. The zero-order chi connectivity index (χ0) is 21.1. The van der Waals surface area contributed by atoms with Crippen LogP contribution in [0.25, 0.3) is 0 Å². The number of aromatic nitrogens is 2. The van der Waals surface area contributed by atoms with Gasteiger partial charge in [0, 0.05) is 30.3 Å². The van der Waals surface area contributed by atoms with Crippen LogP contribution in [0.4, 0.5) is 13.6 Å². The molecule has 2 heterocycles. The molecule has 0 fully saturated rings. The number of rotatable bonds is 5. The molecule has 0 bridgehead atoms. The number of H-pyrrole nitrogens is 1. The molecular weight excluding hydrogens is 382 g/mol. The molecule has 3 rings (SSSR count). The average molecular weight is 406 g/mol. The Morgan fingerprint density at radius 3 is 2.79 bits per heavy atom. The monoisotopic (exact) mass is 406 g/mol. The molecule has 0 radical (unpaired) electrons. The second-order valence-electron chi connectivity index (χ2n) is 7.43. The molecule has 0 saturated heterocycles. The number of carbonyl (C=O) groups is 2. The molecule has 0 spiro atoms. The van der Waals surface area contributed by atoms with Gasteiger partial charge in [0.1, 0.15) is 23.7 Å². The molecule has 2 aromatic rings. The predicted molar refractivity (Wildman–Crippen MR) is 101 cm³/mol. The van der Waals surface area contributed by atoms with Crippen molar-refractivity contribution in [3.63, 3.8) is 0 Å². The van der Waals surface area contributed by atoms with E-state index < -0.39 is 35.7 Å². The van der Waals surface area contributed by atoms with Crippen LogP contribution >= 0.6 is 0 Å². The first-order valence-corrected chi connectivity index (χ1v) is 9.43. The molecule has 1 aliphatic heterocycles. The van der Waals surface area contributed by atoms with E-state index >= 15 is 0 Å². The minimum atomic E-state index is -0.844. The highest BCUT2D eigenvalue weighted by molar-refractivity contribution is 5.84. The van der Waals surface area contributed by atoms with E-state index in [0.717, 1.165) is 17.8 Å². The number of nitrogens with one attached hydrogen (secondary N) is 2. The maximum Gasteiger partial charge on any atom is 0.328 e. The number of ether oxygens (including phenoxy) is 1. The number of carbonyl (C=O) groups excluding carboxylic acids is 2. The van der Waals surface area contributed by atoms with Gasteiger partial charge in [-0.25, -0.2) is 23.4 Å². The number of aromatic amines is 1. The summed E-state index contributed by atoms with van der Waals surface area (Å²) < 4.78 is 32.8. The number of hydrogen-bond acceptors (Lipinski definition) is 4. The van der Waals surface area contributed by atoms with Crippen LogP contribution in [0.3, 0.4) is 0 Å². The van der Waals surface area contributed by atoms with E-state index in [1.807, 2.05) is 13.8 Å². The summed E-state index contributed by atoms with van der Waals surface area (Å²) in [6.07, 6.45) is 2.38. The molecule has 2 N–H and O–H groups in total. The van der Waals surface area contributed by atoms with Crippen LogP contribution in [-0.4, -0.2) is 46.6 Å². The number of fused-ring (bicyclic) bond motifs is 1. The van der Waals surface area contributed by atoms with Crippen LogP contribution in [0.1, 0.15) is 43.3 Å². The molecule has 0 saturated carbocycles. The van der Waals surface area contributed by atoms with Crippen LogP contribution in [0, 0.1) is 17.6 Å². The molecular formula is C20H24F2N4O3. The number of esters is 1. The van der Waals surface area contributed by atoms with Gasteiger partial charge in [-0.1, -0.05) is 19.9 Å². The van der Waals surface area contributed by atoms with Crippen LogP contribution in [0.5, 0.6) is 0 Å². The minimum Gasteiger partial charge on any atom is -0.467 e. The Balaban J connectivity index is 1.93. The van der Waals surface area contributed by atoms with E-state index in [-0.39, 0.29) is 18.0 Å². The van der Waals surface area contributed by atoms with E-state index in [4.69, 9.17) is 4.74 Å². The van der Waals surface area contributed by atoms with E-state index in [2.05, 4.69) is 15.3 Å². The summed E-state index contributed by atoms with van der Waals surface area (Å²) in [5.74, 6) is -1.88. The normalized spacial score (nSPS) is 17.0. The zero-order valence-corrected chi connectivity index (χ0v) is 16.5. The Hall–Kier alpha value is -2.97. The van der Waals surface area contributed by atoms with Gasteiger partial charge in [0.2, 0.25) is 0 Å². The fourth-order valence-corrected chi connectivity index (χ4v) is 3.59. The van der Waals surface area contributed by atoms with Crippen molar-refractivity contribution in [1.82, 2.24) is 20.2 Å². The highest BCUT2D eigenvalue weighted by atomic mass is 19.1. The first-order chi connectivity index (χ1) is 13.8. The highest BCUT2D eigenvalue weighted by Crippen LogP contribution is 2.35. The zero-order valence-electron chi connectivity index (χ0n) is 16.5. The van der Waals surface area contributed by atoms with Crippen LogP contribution < -0.4 is 5.32 Å². The van der Waals surface area contributed by atoms with Crippen molar-refractivity contribution >= 4 is 12.0 Å². The lowest BCUT2D eigenvalue weighted by atomic mass is 9.95. The molecule has 29 heavy (non-hydrogen) atoms. The summed E-state index contributed by atoms with van der Waals surface area (Å²) in [5.41, 5.74) is 1.41. The van der Waals surface area contributed by atoms with Crippen LogP contribution in [0.15, 0.2) is 24.5 Å². The Labute approximate surface area is 167 Å². The summed E-state index contributed by atoms with van der Waals surface area (Å²) in [7, 11) is 1.26. The topological polar surface area (TPSA) is 87.3 Å². The molecule has 1 aromatic heterocycles. The number of halogens is 2. The van der Waals surface area contributed by atoms with Gasteiger partial charge in [-0.2, -0.15) is 0 Å². The Kier molecular flexibility index (Phi) is 6.14. The lowest BCUT2D eigenvalue weighted by Gasteiger charge is -2.36. The minimum absolute atomic E-state index is 0.132. The standard InChI is InChI=1S/C20H24F2N4O3/c1-11(2)8-16(19(27)29-3)25-20(28)26-7-6-15-17(24-10-23-15)18(26)13-5-4-12(21)9-14(13)22/h4-5,9-11,16,18H,6-8H2,1-3H3,(H,23,24)(H,25,28)/t16-,18+/m1/s1. The summed E-state index contributed by atoms with van der Waals surface area (Å²) in [5, 5.41) is 2.70. The summed E-state index contributed by atoms with van der Waals surface area (Å²) in [6.45, 7) is 4.13. The first-order valence-electron chi connectivity index (χ1n) is 9.43. The van der Waals surface area contributed by atoms with Crippen molar-refractivity contribution in [1.29, 1.82) is 0 Å². The summed E-state index contributed by atoms with van der Waals surface area (Å²) in [6, 6.07) is 1.03. The summed E-state index contributed by atoms with van der Waals surface area (Å²) in [4.78, 5) is 33.8. The van der Waals surface area contributed by atoms with Gasteiger partial charge in [0.05, 0.1) is 19.1 Å². The molecule has 156 valence electrons. The number of hydrogen-bond donors (Lipinski definition) is 2. The van der Waals surface area contributed by atoms with Crippen LogP contribution in [-0.2, 0) is 16.0 Å². The van der Waals surface area contributed by atoms with Crippen molar-refractivity contribution in [3.8, 4) is 0 Å². The van der Waals surface area contributed by atoms with Gasteiger partial charge in [0.25, 0.3) is 0 Å². The molecule has 1 aromatic carbocycles. The van der Waals surface area contributed by atoms with Gasteiger partial charge in [-0.15, -0.1) is 0 Å². The number of nitrogens with zero attached hydrogens (tertiary/aromatic N) is 2. The molecule has 2 amide bonds. The molecule has 2 atom stereocenters. The van der Waals surface area contributed by atoms with Gasteiger partial charge >= 0.3 is 12.0 Å². The number of imidazole rings is 1. The number of urea groups is 1. The van der Waals surface area contributed by atoms with Crippen LogP contribution in [0.2, 0.25) is 0 Å². The van der Waals surface area contributed by atoms with E-state index in [1.165, 1.54) is 24.4 Å². The van der Waals surface area contributed by atoms with Crippen molar-refractivity contribution < 1.29 is 23.1 Å². The number of benzene rings is 1. The second kappa shape index (κ2) is 8.59. The Morgan fingerprint density at radius 2 is 2.14 bits per heavy atom. The van der Waals surface area contributed by atoms with E-state index in [1.54, 1.807) is 0 Å². The molecule has 7 nitrogen and oxygen atoms in total. The summed E-state index contributed by atoms with van der Waals surface area (Å²) >= 11 is 0. The van der Waals surface area contributed by atoms with Gasteiger partial charge in [-0.3, -0.25) is 0 Å². The molecule has 0 aliphatic carbocycles. The van der Waals surface area contributed by atoms with Gasteiger partial charge in [0.15, 0.2) is 0 Å². The van der Waals surface area contributed by atoms with Gasteiger partial charge in [-0.05, 0) is 18.4 Å². The fraction of sp³-hybridized carbons (Fsp3) is 0.450.